The van der Waals surface area contributed by atoms with Crippen LogP contribution in [-0.4, -0.2) is 167 Å². The molecule has 4 fully saturated rings. The van der Waals surface area contributed by atoms with Gasteiger partial charge in [0.25, 0.3) is 5.91 Å². The number of nitrogens with zero attached hydrogens (tertiary/aromatic N) is 9. The number of nitrogens with one attached hydrogen (secondary N) is 3. The Bertz CT molecular complexity index is 2820. The molecule has 1 saturated carbocycles. The molecule has 3 aliphatic heterocycles. The summed E-state index contributed by atoms with van der Waals surface area (Å²) >= 11 is 1.58. The maximum atomic E-state index is 14.3. The molecule has 3 saturated heterocycles. The van der Waals surface area contributed by atoms with E-state index in [-0.39, 0.29) is 66.9 Å². The molecule has 0 bridgehead atoms. The molecule has 8 rings (SSSR count). The Morgan fingerprint density at radius 1 is 0.844 bits per heavy atom. The van der Waals surface area contributed by atoms with E-state index in [9.17, 15) is 34.8 Å². The number of hydrogen-bond acceptors (Lipinski definition) is 15. The second-order valence-corrected chi connectivity index (χ2v) is 24.4. The van der Waals surface area contributed by atoms with Crippen molar-refractivity contribution in [1.29, 1.82) is 10.5 Å². The molecule has 5 heterocycles. The molecule has 4 aliphatic rings. The molecule has 4 aromatic rings. The average Bonchev–Trinajstić information content (AvgIpc) is 4.20. The van der Waals surface area contributed by atoms with E-state index in [4.69, 9.17) is 9.72 Å². The van der Waals surface area contributed by atoms with Gasteiger partial charge in [0.15, 0.2) is 0 Å². The minimum atomic E-state index is -0.894. The van der Waals surface area contributed by atoms with Gasteiger partial charge in [0.05, 0.1) is 51.5 Å². The first-order chi connectivity index (χ1) is 36.6. The number of rotatable bonds is 17. The maximum Gasteiger partial charge on any atom is 0.253 e. The van der Waals surface area contributed by atoms with E-state index in [1.54, 1.807) is 35.7 Å². The molecule has 0 spiro atoms. The lowest BCUT2D eigenvalue weighted by Gasteiger charge is -2.63. The van der Waals surface area contributed by atoms with Crippen LogP contribution in [0.25, 0.3) is 10.4 Å². The fourth-order valence-electron chi connectivity index (χ4n) is 12.0. The van der Waals surface area contributed by atoms with Crippen LogP contribution in [0.15, 0.2) is 66.3 Å². The van der Waals surface area contributed by atoms with Crippen LogP contribution >= 0.6 is 11.3 Å². The molecule has 1 aliphatic carbocycles. The number of amides is 4. The fraction of sp³-hybridized carbons (Fsp3) is 0.552. The number of thiazole rings is 1. The van der Waals surface area contributed by atoms with E-state index in [2.05, 4.69) is 74.3 Å². The van der Waals surface area contributed by atoms with Crippen molar-refractivity contribution >= 4 is 40.8 Å². The molecule has 2 aromatic carbocycles. The minimum Gasteiger partial charge on any atom is -0.489 e. The van der Waals surface area contributed by atoms with Crippen LogP contribution in [0.3, 0.4) is 0 Å². The van der Waals surface area contributed by atoms with Crippen molar-refractivity contribution in [3.05, 3.63) is 94.3 Å². The number of aliphatic hydroxyl groups excluding tert-OH is 1. The number of aryl methyl sites for hydroxylation is 1. The Balaban J connectivity index is 0.729. The van der Waals surface area contributed by atoms with E-state index in [1.807, 2.05) is 82.6 Å². The lowest BCUT2D eigenvalue weighted by molar-refractivity contribution is -0.164. The summed E-state index contributed by atoms with van der Waals surface area (Å²) in [5.74, 6) is 0.205. The van der Waals surface area contributed by atoms with Crippen molar-refractivity contribution in [3.8, 4) is 28.3 Å². The van der Waals surface area contributed by atoms with Gasteiger partial charge in [-0.15, -0.1) is 11.3 Å². The van der Waals surface area contributed by atoms with Gasteiger partial charge in [0.2, 0.25) is 17.7 Å². The summed E-state index contributed by atoms with van der Waals surface area (Å²) in [6.45, 7) is 26.6. The first-order valence-electron chi connectivity index (χ1n) is 27.0. The van der Waals surface area contributed by atoms with Crippen LogP contribution in [-0.2, 0) is 14.4 Å². The highest BCUT2D eigenvalue weighted by Gasteiger charge is 2.64. The number of carbonyl (C=O) groups is 4. The van der Waals surface area contributed by atoms with E-state index < -0.39 is 34.4 Å². The van der Waals surface area contributed by atoms with Crippen molar-refractivity contribution in [2.75, 3.05) is 83.4 Å². The number of β-amino-alcohol motifs (C(OH)–C–C–N with tert-alkyl or cyclic N) is 1. The second-order valence-electron chi connectivity index (χ2n) is 23.6. The van der Waals surface area contributed by atoms with Gasteiger partial charge in [-0.05, 0) is 80.2 Å². The Morgan fingerprint density at radius 3 is 2.06 bits per heavy atom. The van der Waals surface area contributed by atoms with Crippen LogP contribution in [0.1, 0.15) is 107 Å². The van der Waals surface area contributed by atoms with Gasteiger partial charge in [0.1, 0.15) is 41.9 Å². The van der Waals surface area contributed by atoms with Crippen LogP contribution in [0.4, 0.5) is 5.82 Å². The molecular formula is C58H76N12O6S. The largest absolute Gasteiger partial charge is 0.489 e. The molecular weight excluding hydrogens is 993 g/mol. The third-order valence-corrected chi connectivity index (χ3v) is 17.1. The molecule has 2 aromatic heterocycles. The fourth-order valence-corrected chi connectivity index (χ4v) is 12.8. The number of ether oxygens (including phenoxy) is 1. The Hall–Kier alpha value is -6.48. The van der Waals surface area contributed by atoms with E-state index >= 15 is 0 Å². The molecule has 18 nitrogen and oxygen atoms in total. The summed E-state index contributed by atoms with van der Waals surface area (Å²) in [6.07, 6.45) is 1.69. The summed E-state index contributed by atoms with van der Waals surface area (Å²) in [6, 6.07) is 18.5. The maximum absolute atomic E-state index is 14.3. The normalized spacial score (nSPS) is 22.4. The lowest BCUT2D eigenvalue weighted by Crippen LogP contribution is -2.74. The van der Waals surface area contributed by atoms with E-state index in [0.29, 0.717) is 16.9 Å². The van der Waals surface area contributed by atoms with Crippen molar-refractivity contribution in [2.45, 2.75) is 112 Å². The SMILES string of the molecule is Cc1ncsc1-c1ccc([C@H](C)NC(=O)[C@@H]2C[C@@H](O)CN2C(=O)[C@@H](NC(=O)CN2CCN(CCCN3CCN(c4ccc(C(=O)NC5C(C)(C)C(Oc6ccc(C#N)c(C#N)c6)C5(C)C)cn4)CC3)CC2)C(C)(C)C)cc1. The van der Waals surface area contributed by atoms with Gasteiger partial charge in [-0.25, -0.2) is 9.97 Å². The zero-order valence-corrected chi connectivity index (χ0v) is 47.0. The van der Waals surface area contributed by atoms with Crippen molar-refractivity contribution in [1.82, 2.24) is 45.5 Å². The zero-order valence-electron chi connectivity index (χ0n) is 46.1. The molecule has 77 heavy (non-hydrogen) atoms. The van der Waals surface area contributed by atoms with Gasteiger partial charge in [-0.3, -0.25) is 29.0 Å². The van der Waals surface area contributed by atoms with Gasteiger partial charge in [-0.2, -0.15) is 10.5 Å². The molecule has 410 valence electrons. The number of aromatic nitrogens is 2. The van der Waals surface area contributed by atoms with Crippen molar-refractivity contribution in [3.63, 3.8) is 0 Å². The molecule has 4 amide bonds. The number of pyridine rings is 1. The molecule has 0 unspecified atom stereocenters. The summed E-state index contributed by atoms with van der Waals surface area (Å²) in [4.78, 5) is 76.1. The third kappa shape index (κ3) is 12.9. The highest BCUT2D eigenvalue weighted by Crippen LogP contribution is 2.55. The highest BCUT2D eigenvalue weighted by molar-refractivity contribution is 7.13. The number of nitriles is 2. The summed E-state index contributed by atoms with van der Waals surface area (Å²) in [7, 11) is 0. The van der Waals surface area contributed by atoms with Crippen LogP contribution in [0.5, 0.6) is 5.75 Å². The second kappa shape index (κ2) is 23.6. The predicted molar refractivity (Wildman–Crippen MR) is 296 cm³/mol. The molecule has 19 heteroatoms. The first-order valence-corrected chi connectivity index (χ1v) is 27.8. The number of benzene rings is 2. The van der Waals surface area contributed by atoms with Crippen LogP contribution in [0.2, 0.25) is 0 Å². The molecule has 4 N–H and O–H groups in total. The topological polar surface area (TPSA) is 223 Å². The summed E-state index contributed by atoms with van der Waals surface area (Å²) < 4.78 is 6.39. The van der Waals surface area contributed by atoms with Crippen molar-refractivity contribution < 1.29 is 29.0 Å². The smallest absolute Gasteiger partial charge is 0.253 e. The first kappa shape index (κ1) is 56.7. The van der Waals surface area contributed by atoms with Gasteiger partial charge in [-0.1, -0.05) is 72.7 Å². The highest BCUT2D eigenvalue weighted by atomic mass is 32.1. The van der Waals surface area contributed by atoms with Gasteiger partial charge in [0, 0.05) is 88.4 Å². The monoisotopic (exact) mass is 1070 g/mol. The van der Waals surface area contributed by atoms with Gasteiger partial charge < -0.3 is 40.5 Å². The summed E-state index contributed by atoms with van der Waals surface area (Å²) in [5, 5.41) is 38.9. The molecule has 4 atom stereocenters. The van der Waals surface area contributed by atoms with Crippen LogP contribution in [0, 0.1) is 45.8 Å². The Labute approximate surface area is 457 Å². The number of aliphatic hydroxyl groups is 1. The number of piperazine rings is 2. The zero-order chi connectivity index (χ0) is 55.4. The molecule has 0 radical (unpaired) electrons. The Kier molecular flexibility index (Phi) is 17.4. The third-order valence-electron chi connectivity index (χ3n) is 16.1. The number of likely N-dealkylation sites (tertiary alicyclic amines) is 1. The average molecular weight is 1070 g/mol. The lowest BCUT2D eigenvalue weighted by atomic mass is 9.49. The van der Waals surface area contributed by atoms with E-state index in [1.165, 1.54) is 4.90 Å². The Morgan fingerprint density at radius 2 is 1.48 bits per heavy atom. The van der Waals surface area contributed by atoms with E-state index in [0.717, 1.165) is 99.4 Å². The van der Waals surface area contributed by atoms with Crippen molar-refractivity contribution in [2.24, 2.45) is 16.2 Å². The summed E-state index contributed by atoms with van der Waals surface area (Å²) in [5.41, 5.74) is 4.34. The number of hydrogen-bond donors (Lipinski definition) is 4. The van der Waals surface area contributed by atoms with Gasteiger partial charge >= 0.3 is 0 Å². The quantitative estimate of drug-likeness (QED) is 0.104. The minimum absolute atomic E-state index is 0.0146. The predicted octanol–water partition coefficient (Wildman–Crippen LogP) is 5.37. The number of anilines is 1. The number of carbonyl (C=O) groups excluding carboxylic acids is 4. The van der Waals surface area contributed by atoms with Crippen LogP contribution < -0.4 is 25.6 Å². The standard InChI is InChI=1S/C58H76N12O6S/c1-37(39-11-13-40(14-12-39)49-38(2)62-36-77-49)63-52(74)46-30-44(71)34-70(46)53(75)50(56(3,4)5)64-48(72)35-68-23-21-66(22-24-68)19-10-20-67-25-27-69(28-26-67)47-18-16-42(33-61-47)51(73)65-54-57(6,7)55(58(54,8)9)76-45-17-15-41(31-59)43(29-45)32-60/h11-18,29,33,36-37,44,46,50,54-55,71H,10,19-28,30,34-35H2,1-9H3,(H,63,74)(H,64,72)(H,65,73)/t37-,44+,46-,50+,54?,55?/m0/s1.